The molecule has 5 heteroatoms. The molecule has 2 N–H and O–H groups in total. The fourth-order valence-electron chi connectivity index (χ4n) is 2.91. The van der Waals surface area contributed by atoms with E-state index in [2.05, 4.69) is 48.2 Å². The van der Waals surface area contributed by atoms with E-state index in [9.17, 15) is 0 Å². The van der Waals surface area contributed by atoms with Crippen LogP contribution in [0.4, 0.5) is 0 Å². The SMILES string of the molecule is CN=C(NCCCC(C)C)NCC1CCCN(C(C)C)C1.I. The van der Waals surface area contributed by atoms with Crippen LogP contribution in [0.3, 0.4) is 0 Å². The van der Waals surface area contributed by atoms with E-state index in [0.717, 1.165) is 30.9 Å². The quantitative estimate of drug-likeness (QED) is 0.285. The van der Waals surface area contributed by atoms with Gasteiger partial charge < -0.3 is 15.5 Å². The Morgan fingerprint density at radius 2 is 1.95 bits per heavy atom. The minimum absolute atomic E-state index is 0. The van der Waals surface area contributed by atoms with E-state index >= 15 is 0 Å². The van der Waals surface area contributed by atoms with Gasteiger partial charge in [0.15, 0.2) is 5.96 Å². The molecule has 0 bridgehead atoms. The van der Waals surface area contributed by atoms with E-state index in [1.165, 1.54) is 38.8 Å². The van der Waals surface area contributed by atoms with E-state index in [0.29, 0.717) is 6.04 Å². The summed E-state index contributed by atoms with van der Waals surface area (Å²) < 4.78 is 0. The first-order chi connectivity index (χ1) is 10.0. The molecular weight excluding hydrogens is 387 g/mol. The van der Waals surface area contributed by atoms with Gasteiger partial charge >= 0.3 is 0 Å². The van der Waals surface area contributed by atoms with Crippen LogP contribution in [0.15, 0.2) is 4.99 Å². The Morgan fingerprint density at radius 1 is 1.23 bits per heavy atom. The Bertz CT molecular complexity index is 305. The van der Waals surface area contributed by atoms with Gasteiger partial charge in [0.2, 0.25) is 0 Å². The Balaban J connectivity index is 0.00000441. The van der Waals surface area contributed by atoms with Gasteiger partial charge in [0, 0.05) is 32.7 Å². The smallest absolute Gasteiger partial charge is 0.190 e. The third-order valence-corrected chi connectivity index (χ3v) is 4.31. The topological polar surface area (TPSA) is 39.7 Å². The molecule has 0 aromatic carbocycles. The number of nitrogens with zero attached hydrogens (tertiary/aromatic N) is 2. The van der Waals surface area contributed by atoms with Gasteiger partial charge in [0.25, 0.3) is 0 Å². The zero-order valence-corrected chi connectivity index (χ0v) is 17.5. The zero-order valence-electron chi connectivity index (χ0n) is 15.2. The summed E-state index contributed by atoms with van der Waals surface area (Å²) in [6.45, 7) is 13.7. The first-order valence-electron chi connectivity index (χ1n) is 8.71. The third kappa shape index (κ3) is 9.18. The minimum Gasteiger partial charge on any atom is -0.356 e. The molecule has 1 aliphatic heterocycles. The molecule has 1 saturated heterocycles. The number of rotatable bonds is 7. The van der Waals surface area contributed by atoms with Crippen LogP contribution >= 0.6 is 24.0 Å². The maximum atomic E-state index is 4.32. The lowest BCUT2D eigenvalue weighted by Gasteiger charge is -2.35. The summed E-state index contributed by atoms with van der Waals surface area (Å²) in [5.74, 6) is 2.49. The lowest BCUT2D eigenvalue weighted by Crippen LogP contribution is -2.46. The lowest BCUT2D eigenvalue weighted by atomic mass is 9.97. The van der Waals surface area contributed by atoms with Crippen molar-refractivity contribution < 1.29 is 0 Å². The highest BCUT2D eigenvalue weighted by molar-refractivity contribution is 14.0. The van der Waals surface area contributed by atoms with Crippen molar-refractivity contribution >= 4 is 29.9 Å². The van der Waals surface area contributed by atoms with Gasteiger partial charge in [0.1, 0.15) is 0 Å². The number of piperidine rings is 1. The Labute approximate surface area is 154 Å². The molecule has 1 heterocycles. The Kier molecular flexibility index (Phi) is 12.4. The van der Waals surface area contributed by atoms with Crippen LogP contribution < -0.4 is 10.6 Å². The molecular formula is C17H37IN4. The molecule has 0 aromatic heterocycles. The first kappa shape index (κ1) is 22.0. The largest absolute Gasteiger partial charge is 0.356 e. The minimum atomic E-state index is 0. The summed E-state index contributed by atoms with van der Waals surface area (Å²) in [5, 5.41) is 6.92. The standard InChI is InChI=1S/C17H36N4.HI/c1-14(2)8-6-10-19-17(18-5)20-12-16-9-7-11-21(13-16)15(3)4;/h14-16H,6-13H2,1-5H3,(H2,18,19,20);1H. The maximum absolute atomic E-state index is 4.32. The maximum Gasteiger partial charge on any atom is 0.190 e. The van der Waals surface area contributed by atoms with E-state index in [1.54, 1.807) is 0 Å². The number of nitrogens with one attached hydrogen (secondary N) is 2. The van der Waals surface area contributed by atoms with Crippen LogP contribution in [0.25, 0.3) is 0 Å². The van der Waals surface area contributed by atoms with Crippen LogP contribution in [-0.4, -0.2) is 50.1 Å². The predicted octanol–water partition coefficient (Wildman–Crippen LogP) is 3.33. The number of hydrogen-bond donors (Lipinski definition) is 2. The second-order valence-electron chi connectivity index (χ2n) is 7.01. The Hall–Kier alpha value is -0.0400. The fourth-order valence-corrected chi connectivity index (χ4v) is 2.91. The summed E-state index contributed by atoms with van der Waals surface area (Å²) in [6.07, 6.45) is 5.14. The van der Waals surface area contributed by atoms with Crippen molar-refractivity contribution in [1.82, 2.24) is 15.5 Å². The molecule has 0 amide bonds. The van der Waals surface area contributed by atoms with Gasteiger partial charge in [-0.2, -0.15) is 0 Å². The normalized spacial score (nSPS) is 20.1. The molecule has 0 aliphatic carbocycles. The molecule has 0 saturated carbocycles. The summed E-state index contributed by atoms with van der Waals surface area (Å²) in [5.41, 5.74) is 0. The highest BCUT2D eigenvalue weighted by Gasteiger charge is 2.21. The van der Waals surface area contributed by atoms with Crippen molar-refractivity contribution in [2.75, 3.05) is 33.2 Å². The molecule has 1 fully saturated rings. The van der Waals surface area contributed by atoms with Crippen molar-refractivity contribution in [2.24, 2.45) is 16.8 Å². The summed E-state index contributed by atoms with van der Waals surface area (Å²) in [7, 11) is 1.86. The van der Waals surface area contributed by atoms with Crippen LogP contribution in [0.1, 0.15) is 53.4 Å². The molecule has 22 heavy (non-hydrogen) atoms. The molecule has 0 aromatic rings. The average molecular weight is 424 g/mol. The number of likely N-dealkylation sites (tertiary alicyclic amines) is 1. The van der Waals surface area contributed by atoms with Crippen LogP contribution in [0, 0.1) is 11.8 Å². The lowest BCUT2D eigenvalue weighted by molar-refractivity contribution is 0.141. The average Bonchev–Trinajstić information content (AvgIpc) is 2.46. The van der Waals surface area contributed by atoms with Crippen LogP contribution in [0.5, 0.6) is 0 Å². The van der Waals surface area contributed by atoms with E-state index in [-0.39, 0.29) is 24.0 Å². The van der Waals surface area contributed by atoms with E-state index in [4.69, 9.17) is 0 Å². The number of hydrogen-bond acceptors (Lipinski definition) is 2. The van der Waals surface area contributed by atoms with Crippen molar-refractivity contribution in [1.29, 1.82) is 0 Å². The second-order valence-corrected chi connectivity index (χ2v) is 7.01. The van der Waals surface area contributed by atoms with E-state index < -0.39 is 0 Å². The molecule has 0 spiro atoms. The number of halogens is 1. The summed E-state index contributed by atoms with van der Waals surface area (Å²) in [4.78, 5) is 6.92. The highest BCUT2D eigenvalue weighted by Crippen LogP contribution is 2.17. The summed E-state index contributed by atoms with van der Waals surface area (Å²) >= 11 is 0. The van der Waals surface area contributed by atoms with Crippen molar-refractivity contribution in [3.8, 4) is 0 Å². The van der Waals surface area contributed by atoms with Gasteiger partial charge in [-0.05, 0) is 57.9 Å². The van der Waals surface area contributed by atoms with Gasteiger partial charge in [0.05, 0.1) is 0 Å². The fraction of sp³-hybridized carbons (Fsp3) is 0.941. The predicted molar refractivity (Wildman–Crippen MR) is 108 cm³/mol. The molecule has 1 rings (SSSR count). The monoisotopic (exact) mass is 424 g/mol. The van der Waals surface area contributed by atoms with Crippen molar-refractivity contribution in [2.45, 2.75) is 59.4 Å². The molecule has 1 aliphatic rings. The molecule has 4 nitrogen and oxygen atoms in total. The summed E-state index contributed by atoms with van der Waals surface area (Å²) in [6, 6.07) is 0.668. The van der Waals surface area contributed by atoms with Crippen molar-refractivity contribution in [3.63, 3.8) is 0 Å². The zero-order chi connectivity index (χ0) is 15.7. The van der Waals surface area contributed by atoms with Crippen molar-refractivity contribution in [3.05, 3.63) is 0 Å². The van der Waals surface area contributed by atoms with Gasteiger partial charge in [-0.1, -0.05) is 13.8 Å². The molecule has 1 atom stereocenters. The number of guanidine groups is 1. The highest BCUT2D eigenvalue weighted by atomic mass is 127. The van der Waals surface area contributed by atoms with Crippen LogP contribution in [-0.2, 0) is 0 Å². The molecule has 0 radical (unpaired) electrons. The Morgan fingerprint density at radius 3 is 2.55 bits per heavy atom. The third-order valence-electron chi connectivity index (χ3n) is 4.31. The van der Waals surface area contributed by atoms with Crippen LogP contribution in [0.2, 0.25) is 0 Å². The molecule has 132 valence electrons. The van der Waals surface area contributed by atoms with Gasteiger partial charge in [-0.25, -0.2) is 0 Å². The van der Waals surface area contributed by atoms with Gasteiger partial charge in [-0.3, -0.25) is 4.99 Å². The second kappa shape index (κ2) is 12.4. The van der Waals surface area contributed by atoms with Gasteiger partial charge in [-0.15, -0.1) is 24.0 Å². The first-order valence-corrected chi connectivity index (χ1v) is 8.71. The molecule has 1 unspecified atom stereocenters. The number of aliphatic imine (C=N–C) groups is 1. The van der Waals surface area contributed by atoms with E-state index in [1.807, 2.05) is 7.05 Å².